The highest BCUT2D eigenvalue weighted by molar-refractivity contribution is 5.94. The molecule has 27 heavy (non-hydrogen) atoms. The number of rotatable bonds is 4. The second kappa shape index (κ2) is 8.62. The van der Waals surface area contributed by atoms with Crippen molar-refractivity contribution in [3.8, 4) is 0 Å². The van der Waals surface area contributed by atoms with Gasteiger partial charge in [-0.25, -0.2) is 14.2 Å². The van der Waals surface area contributed by atoms with E-state index in [1.165, 1.54) is 30.5 Å². The van der Waals surface area contributed by atoms with E-state index < -0.39 is 0 Å². The Kier molecular flexibility index (Phi) is 6.01. The number of nitrogens with zero attached hydrogens (tertiary/aromatic N) is 3. The van der Waals surface area contributed by atoms with Crippen LogP contribution in [0, 0.1) is 5.82 Å². The number of anilines is 1. The van der Waals surface area contributed by atoms with Gasteiger partial charge in [-0.3, -0.25) is 4.79 Å². The van der Waals surface area contributed by atoms with Gasteiger partial charge in [0.1, 0.15) is 11.6 Å². The molecule has 1 aliphatic rings. The predicted octanol–water partition coefficient (Wildman–Crippen LogP) is 2.75. The van der Waals surface area contributed by atoms with Gasteiger partial charge < -0.3 is 14.5 Å². The minimum Gasteiger partial charge on any atom is -0.462 e. The summed E-state index contributed by atoms with van der Waals surface area (Å²) >= 11 is 0. The van der Waals surface area contributed by atoms with Gasteiger partial charge in [-0.15, -0.1) is 0 Å². The Hall–Kier alpha value is -2.96. The average Bonchev–Trinajstić information content (AvgIpc) is 2.94. The first kappa shape index (κ1) is 18.8. The maximum atomic E-state index is 13.1. The molecule has 0 atom stereocenters. The molecule has 0 saturated carbocycles. The minimum atomic E-state index is -0.386. The fourth-order valence-electron chi connectivity index (χ4n) is 3.03. The Morgan fingerprint density at radius 2 is 1.78 bits per heavy atom. The van der Waals surface area contributed by atoms with Gasteiger partial charge in [0.25, 0.3) is 5.91 Å². The molecule has 3 rings (SSSR count). The van der Waals surface area contributed by atoms with Crippen molar-refractivity contribution in [1.29, 1.82) is 0 Å². The molecule has 0 bridgehead atoms. The van der Waals surface area contributed by atoms with Gasteiger partial charge in [-0.2, -0.15) is 0 Å². The predicted molar refractivity (Wildman–Crippen MR) is 99.3 cm³/mol. The van der Waals surface area contributed by atoms with Crippen molar-refractivity contribution < 1.29 is 18.7 Å². The highest BCUT2D eigenvalue weighted by Crippen LogP contribution is 2.16. The molecule has 0 N–H and O–H groups in total. The molecule has 2 heterocycles. The minimum absolute atomic E-state index is 0.0949. The zero-order chi connectivity index (χ0) is 19.2. The molecular formula is C20H22FN3O3. The van der Waals surface area contributed by atoms with Crippen molar-refractivity contribution in [2.45, 2.75) is 13.3 Å². The number of hydrogen-bond donors (Lipinski definition) is 0. The summed E-state index contributed by atoms with van der Waals surface area (Å²) in [5.41, 5.74) is 0.908. The number of benzene rings is 1. The lowest BCUT2D eigenvalue weighted by molar-refractivity contribution is 0.0525. The molecule has 1 saturated heterocycles. The molecule has 2 aromatic rings. The van der Waals surface area contributed by atoms with Crippen LogP contribution in [0.5, 0.6) is 0 Å². The number of esters is 1. The van der Waals surface area contributed by atoms with Gasteiger partial charge in [0, 0.05) is 37.9 Å². The van der Waals surface area contributed by atoms with Gasteiger partial charge in [0.2, 0.25) is 0 Å². The summed E-state index contributed by atoms with van der Waals surface area (Å²) in [5, 5.41) is 0. The van der Waals surface area contributed by atoms with E-state index in [9.17, 15) is 14.0 Å². The average molecular weight is 371 g/mol. The summed E-state index contributed by atoms with van der Waals surface area (Å²) in [7, 11) is 0. The Balaban J connectivity index is 1.63. The second-order valence-corrected chi connectivity index (χ2v) is 6.27. The van der Waals surface area contributed by atoms with E-state index in [4.69, 9.17) is 4.74 Å². The zero-order valence-electron chi connectivity index (χ0n) is 15.2. The first-order valence-electron chi connectivity index (χ1n) is 9.01. The number of pyridine rings is 1. The molecule has 0 unspecified atom stereocenters. The van der Waals surface area contributed by atoms with Crippen LogP contribution in [-0.4, -0.2) is 54.5 Å². The number of halogens is 1. The monoisotopic (exact) mass is 371 g/mol. The summed E-state index contributed by atoms with van der Waals surface area (Å²) in [5.74, 6) is -0.0731. The van der Waals surface area contributed by atoms with Gasteiger partial charge in [-0.05, 0) is 49.7 Å². The lowest BCUT2D eigenvalue weighted by Crippen LogP contribution is -2.35. The first-order chi connectivity index (χ1) is 13.1. The van der Waals surface area contributed by atoms with Gasteiger partial charge in [0.05, 0.1) is 12.2 Å². The van der Waals surface area contributed by atoms with Gasteiger partial charge in [-0.1, -0.05) is 0 Å². The first-order valence-corrected chi connectivity index (χ1v) is 9.01. The van der Waals surface area contributed by atoms with Crippen molar-refractivity contribution in [2.24, 2.45) is 0 Å². The van der Waals surface area contributed by atoms with Crippen molar-refractivity contribution in [2.75, 3.05) is 37.7 Å². The Labute approximate surface area is 157 Å². The van der Waals surface area contributed by atoms with E-state index >= 15 is 0 Å². The normalized spacial score (nSPS) is 14.6. The third-order valence-electron chi connectivity index (χ3n) is 4.46. The van der Waals surface area contributed by atoms with E-state index in [1.54, 1.807) is 24.0 Å². The summed E-state index contributed by atoms with van der Waals surface area (Å²) in [6.45, 7) is 4.67. The highest BCUT2D eigenvalue weighted by atomic mass is 19.1. The summed E-state index contributed by atoms with van der Waals surface area (Å²) in [4.78, 5) is 32.6. The molecule has 0 aliphatic carbocycles. The van der Waals surface area contributed by atoms with Crippen LogP contribution in [0.3, 0.4) is 0 Å². The smallest absolute Gasteiger partial charge is 0.339 e. The van der Waals surface area contributed by atoms with Crippen LogP contribution in [0.2, 0.25) is 0 Å². The second-order valence-electron chi connectivity index (χ2n) is 6.27. The third kappa shape index (κ3) is 4.61. The molecule has 1 amide bonds. The molecule has 0 spiro atoms. The maximum Gasteiger partial charge on any atom is 0.339 e. The molecular weight excluding hydrogens is 349 g/mol. The summed E-state index contributed by atoms with van der Waals surface area (Å²) in [6, 6.07) is 9.11. The summed E-state index contributed by atoms with van der Waals surface area (Å²) in [6.07, 6.45) is 2.31. The highest BCUT2D eigenvalue weighted by Gasteiger charge is 2.21. The Morgan fingerprint density at radius 1 is 1.04 bits per heavy atom. The zero-order valence-corrected chi connectivity index (χ0v) is 15.2. The van der Waals surface area contributed by atoms with E-state index in [1.807, 2.05) is 0 Å². The van der Waals surface area contributed by atoms with Crippen LogP contribution < -0.4 is 4.90 Å². The van der Waals surface area contributed by atoms with E-state index in [0.717, 1.165) is 18.8 Å². The van der Waals surface area contributed by atoms with Crippen LogP contribution in [0.15, 0.2) is 42.6 Å². The van der Waals surface area contributed by atoms with Crippen LogP contribution in [0.25, 0.3) is 0 Å². The number of carbonyl (C=O) groups is 2. The van der Waals surface area contributed by atoms with Crippen molar-refractivity contribution in [3.63, 3.8) is 0 Å². The van der Waals surface area contributed by atoms with Crippen LogP contribution in [-0.2, 0) is 4.74 Å². The molecule has 1 aromatic heterocycles. The van der Waals surface area contributed by atoms with E-state index in [0.29, 0.717) is 37.4 Å². The topological polar surface area (TPSA) is 62.7 Å². The number of amides is 1. The Bertz CT molecular complexity index is 793. The molecule has 1 aliphatic heterocycles. The van der Waals surface area contributed by atoms with Crippen molar-refractivity contribution in [3.05, 3.63) is 59.5 Å². The Morgan fingerprint density at radius 3 is 2.44 bits per heavy atom. The maximum absolute atomic E-state index is 13.1. The number of aromatic nitrogens is 1. The molecule has 1 fully saturated rings. The SMILES string of the molecule is CCOC(=O)c1ccc(N2CCCN(C(=O)c3ccc(F)cc3)CC2)nc1. The van der Waals surface area contributed by atoms with Gasteiger partial charge in [0.15, 0.2) is 0 Å². The van der Waals surface area contributed by atoms with Crippen LogP contribution in [0.4, 0.5) is 10.2 Å². The molecule has 0 radical (unpaired) electrons. The van der Waals surface area contributed by atoms with Crippen LogP contribution >= 0.6 is 0 Å². The van der Waals surface area contributed by atoms with Crippen LogP contribution in [0.1, 0.15) is 34.1 Å². The lowest BCUT2D eigenvalue weighted by atomic mass is 10.2. The number of hydrogen-bond acceptors (Lipinski definition) is 5. The van der Waals surface area contributed by atoms with Crippen molar-refractivity contribution >= 4 is 17.7 Å². The third-order valence-corrected chi connectivity index (χ3v) is 4.46. The fraction of sp³-hybridized carbons (Fsp3) is 0.350. The molecule has 1 aromatic carbocycles. The quantitative estimate of drug-likeness (QED) is 0.774. The van der Waals surface area contributed by atoms with E-state index in [-0.39, 0.29) is 17.7 Å². The fourth-order valence-corrected chi connectivity index (χ4v) is 3.03. The number of ether oxygens (including phenoxy) is 1. The van der Waals surface area contributed by atoms with E-state index in [2.05, 4.69) is 9.88 Å². The standard InChI is InChI=1S/C20H22FN3O3/c1-2-27-20(26)16-6-9-18(22-14-16)23-10-3-11-24(13-12-23)19(25)15-4-7-17(21)8-5-15/h4-9,14H,2-3,10-13H2,1H3. The number of carbonyl (C=O) groups excluding carboxylic acids is 2. The largest absolute Gasteiger partial charge is 0.462 e. The van der Waals surface area contributed by atoms with Crippen molar-refractivity contribution in [1.82, 2.24) is 9.88 Å². The lowest BCUT2D eigenvalue weighted by Gasteiger charge is -2.23. The van der Waals surface area contributed by atoms with Gasteiger partial charge >= 0.3 is 5.97 Å². The molecule has 7 heteroatoms. The molecule has 6 nitrogen and oxygen atoms in total. The molecule has 142 valence electrons. The summed E-state index contributed by atoms with van der Waals surface area (Å²) < 4.78 is 18.0.